The first kappa shape index (κ1) is 20.5. The molecule has 1 aromatic rings. The number of benzene rings is 1. The average molecular weight is 343 g/mol. The number of hydrogen-bond donors (Lipinski definition) is 4. The zero-order valence-corrected chi connectivity index (χ0v) is 13.4. The van der Waals surface area contributed by atoms with Gasteiger partial charge in [0.25, 0.3) is 0 Å². The van der Waals surface area contributed by atoms with Crippen molar-refractivity contribution in [1.29, 1.82) is 0 Å². The number of hydrogen-bond acceptors (Lipinski definition) is 6. The molecular weight excluding hydrogens is 326 g/mol. The molecule has 1 aromatic carbocycles. The maximum absolute atomic E-state index is 10.6. The lowest BCUT2D eigenvalue weighted by atomic mass is 10.2. The van der Waals surface area contributed by atoms with Crippen LogP contribution in [0.2, 0.25) is 0 Å². The highest BCUT2D eigenvalue weighted by atomic mass is 32.1. The van der Waals surface area contributed by atoms with E-state index in [0.29, 0.717) is 0 Å². The van der Waals surface area contributed by atoms with E-state index in [1.165, 1.54) is 26.0 Å². The van der Waals surface area contributed by atoms with Gasteiger partial charge in [-0.25, -0.2) is 9.59 Å². The monoisotopic (exact) mass is 343 g/mol. The van der Waals surface area contributed by atoms with Gasteiger partial charge in [-0.2, -0.15) is 12.6 Å². The minimum atomic E-state index is -1.11. The molecule has 3 N–H and O–H groups in total. The molecule has 0 aliphatic rings. The summed E-state index contributed by atoms with van der Waals surface area (Å²) in [6.07, 6.45) is 0. The molecule has 0 saturated carbocycles. The molecule has 0 aliphatic heterocycles. The second kappa shape index (κ2) is 10.2. The van der Waals surface area contributed by atoms with E-state index in [-0.39, 0.29) is 23.0 Å². The predicted octanol–water partition coefficient (Wildman–Crippen LogP) is 0.816. The molecule has 0 spiro atoms. The molecule has 126 valence electrons. The van der Waals surface area contributed by atoms with Crippen LogP contribution in [0.3, 0.4) is 0 Å². The summed E-state index contributed by atoms with van der Waals surface area (Å²) in [6, 6.07) is 5.10. The summed E-state index contributed by atoms with van der Waals surface area (Å²) in [5.41, 5.74) is -0.0160. The summed E-state index contributed by atoms with van der Waals surface area (Å²) in [7, 11) is 0. The maximum Gasteiger partial charge on any atom is 0.339 e. The number of esters is 1. The number of aliphatic carboxylic acids is 1. The Kier molecular flexibility index (Phi) is 9.09. The van der Waals surface area contributed by atoms with Gasteiger partial charge in [0.1, 0.15) is 17.4 Å². The van der Waals surface area contributed by atoms with Crippen LogP contribution in [0.25, 0.3) is 0 Å². The molecule has 23 heavy (non-hydrogen) atoms. The van der Waals surface area contributed by atoms with E-state index < -0.39 is 23.9 Å². The first-order valence-electron chi connectivity index (χ1n) is 6.30. The van der Waals surface area contributed by atoms with Gasteiger partial charge in [-0.1, -0.05) is 12.1 Å². The van der Waals surface area contributed by atoms with E-state index in [1.54, 1.807) is 12.1 Å². The van der Waals surface area contributed by atoms with Gasteiger partial charge in [0, 0.05) is 19.6 Å². The number of carboxylic acids is 2. The van der Waals surface area contributed by atoms with Crippen LogP contribution in [0.5, 0.6) is 5.75 Å². The van der Waals surface area contributed by atoms with Crippen molar-refractivity contribution < 1.29 is 34.1 Å². The van der Waals surface area contributed by atoms with Crippen LogP contribution in [-0.4, -0.2) is 45.8 Å². The predicted molar refractivity (Wildman–Crippen MR) is 83.8 cm³/mol. The van der Waals surface area contributed by atoms with Crippen LogP contribution in [0.4, 0.5) is 0 Å². The Morgan fingerprint density at radius 3 is 2.09 bits per heavy atom. The summed E-state index contributed by atoms with van der Waals surface area (Å²) in [5, 5.41) is 19.3. The van der Waals surface area contributed by atoms with Crippen LogP contribution in [0, 0.1) is 0 Å². The Morgan fingerprint density at radius 1 is 1.17 bits per heavy atom. The van der Waals surface area contributed by atoms with Crippen molar-refractivity contribution in [1.82, 2.24) is 5.32 Å². The summed E-state index contributed by atoms with van der Waals surface area (Å²) >= 11 is 3.73. The highest BCUT2D eigenvalue weighted by Gasteiger charge is 2.15. The number of amides is 1. The fourth-order valence-corrected chi connectivity index (χ4v) is 1.57. The van der Waals surface area contributed by atoms with Gasteiger partial charge in [-0.05, 0) is 12.1 Å². The van der Waals surface area contributed by atoms with Crippen LogP contribution >= 0.6 is 12.6 Å². The smallest absolute Gasteiger partial charge is 0.339 e. The molecule has 1 atom stereocenters. The van der Waals surface area contributed by atoms with E-state index in [1.807, 2.05) is 0 Å². The van der Waals surface area contributed by atoms with Crippen LogP contribution in [-0.2, 0) is 14.4 Å². The quantitative estimate of drug-likeness (QED) is 0.354. The number of para-hydroxylation sites is 1. The topological polar surface area (TPSA) is 130 Å². The van der Waals surface area contributed by atoms with Crippen LogP contribution in [0.1, 0.15) is 24.2 Å². The average Bonchev–Trinajstić information content (AvgIpc) is 2.44. The van der Waals surface area contributed by atoms with E-state index in [9.17, 15) is 19.2 Å². The summed E-state index contributed by atoms with van der Waals surface area (Å²) in [5.74, 6) is -2.89. The molecule has 9 heteroatoms. The SMILES string of the molecule is CC(=O)NC(CS)C(=O)O.CC(=O)Oc1ccccc1C(=O)O. The largest absolute Gasteiger partial charge is 0.480 e. The number of aromatic carboxylic acids is 1. The molecule has 0 radical (unpaired) electrons. The number of rotatable bonds is 5. The molecule has 1 unspecified atom stereocenters. The number of carboxylic acid groups (broad SMARTS) is 2. The molecule has 0 heterocycles. The minimum absolute atomic E-state index is 0.0160. The van der Waals surface area contributed by atoms with E-state index >= 15 is 0 Å². The fraction of sp³-hybridized carbons (Fsp3) is 0.286. The zero-order chi connectivity index (χ0) is 18.0. The van der Waals surface area contributed by atoms with Gasteiger partial charge in [0.15, 0.2) is 0 Å². The summed E-state index contributed by atoms with van der Waals surface area (Å²) in [4.78, 5) is 41.7. The molecule has 0 bridgehead atoms. The molecule has 0 saturated heterocycles. The molecule has 0 aliphatic carbocycles. The molecule has 0 aromatic heterocycles. The van der Waals surface area contributed by atoms with Crippen LogP contribution in [0.15, 0.2) is 24.3 Å². The van der Waals surface area contributed by atoms with Crippen molar-refractivity contribution in [2.75, 3.05) is 5.75 Å². The van der Waals surface area contributed by atoms with Crippen molar-refractivity contribution in [3.05, 3.63) is 29.8 Å². The van der Waals surface area contributed by atoms with Crippen LogP contribution < -0.4 is 10.1 Å². The van der Waals surface area contributed by atoms with E-state index in [0.717, 1.165) is 0 Å². The van der Waals surface area contributed by atoms with Gasteiger partial charge in [-0.15, -0.1) is 0 Å². The van der Waals surface area contributed by atoms with Gasteiger partial charge in [-0.3, -0.25) is 9.59 Å². The molecule has 1 rings (SSSR count). The zero-order valence-electron chi connectivity index (χ0n) is 12.5. The lowest BCUT2D eigenvalue weighted by Gasteiger charge is -2.08. The third kappa shape index (κ3) is 8.47. The maximum atomic E-state index is 10.6. The second-order valence-electron chi connectivity index (χ2n) is 4.17. The third-order valence-corrected chi connectivity index (χ3v) is 2.59. The Morgan fingerprint density at radius 2 is 1.74 bits per heavy atom. The Balaban J connectivity index is 0.000000438. The lowest BCUT2D eigenvalue weighted by Crippen LogP contribution is -2.40. The summed E-state index contributed by atoms with van der Waals surface area (Å²) < 4.78 is 4.69. The van der Waals surface area contributed by atoms with Gasteiger partial charge < -0.3 is 20.3 Å². The fourth-order valence-electron chi connectivity index (χ4n) is 1.32. The molecule has 8 nitrogen and oxygen atoms in total. The van der Waals surface area contributed by atoms with Gasteiger partial charge in [0.2, 0.25) is 5.91 Å². The standard InChI is InChI=1S/C9H8O4.C5H9NO3S/c1-6(10)13-8-5-3-2-4-7(8)9(11)12;1-3(7)6-4(2-10)5(8)9/h2-5H,1H3,(H,11,12);4,10H,2H2,1H3,(H,6,7)(H,8,9). The van der Waals surface area contributed by atoms with Crippen molar-refractivity contribution in [3.63, 3.8) is 0 Å². The van der Waals surface area contributed by atoms with Gasteiger partial charge in [0.05, 0.1) is 0 Å². The molecule has 0 fully saturated rings. The third-order valence-electron chi connectivity index (χ3n) is 2.23. The number of thiol groups is 1. The minimum Gasteiger partial charge on any atom is -0.480 e. The Bertz CT molecular complexity index is 588. The molecule has 1 amide bonds. The van der Waals surface area contributed by atoms with Crippen molar-refractivity contribution in [2.45, 2.75) is 19.9 Å². The summed E-state index contributed by atoms with van der Waals surface area (Å²) in [6.45, 7) is 2.48. The first-order chi connectivity index (χ1) is 10.7. The normalized spacial score (nSPS) is 10.6. The lowest BCUT2D eigenvalue weighted by molar-refractivity contribution is -0.140. The number of ether oxygens (including phenoxy) is 1. The Hall–Kier alpha value is -2.55. The highest BCUT2D eigenvalue weighted by molar-refractivity contribution is 7.80. The van der Waals surface area contributed by atoms with Crippen molar-refractivity contribution in [3.8, 4) is 5.75 Å². The highest BCUT2D eigenvalue weighted by Crippen LogP contribution is 2.17. The number of nitrogens with one attached hydrogen (secondary N) is 1. The number of carbonyl (C=O) groups excluding carboxylic acids is 2. The Labute approximate surface area is 137 Å². The second-order valence-corrected chi connectivity index (χ2v) is 4.53. The number of carbonyl (C=O) groups is 4. The first-order valence-corrected chi connectivity index (χ1v) is 6.93. The van der Waals surface area contributed by atoms with Crippen molar-refractivity contribution >= 4 is 36.4 Å². The molecular formula is C14H17NO7S. The van der Waals surface area contributed by atoms with Crippen molar-refractivity contribution in [2.24, 2.45) is 0 Å². The van der Waals surface area contributed by atoms with E-state index in [2.05, 4.69) is 22.7 Å². The van der Waals surface area contributed by atoms with Gasteiger partial charge >= 0.3 is 17.9 Å². The van der Waals surface area contributed by atoms with E-state index in [4.69, 9.17) is 10.2 Å².